The van der Waals surface area contributed by atoms with E-state index in [1.54, 1.807) is 11.0 Å². The zero-order chi connectivity index (χ0) is 18.3. The number of carbonyl (C=O) groups is 2. The van der Waals surface area contributed by atoms with Crippen molar-refractivity contribution < 1.29 is 19.1 Å². The van der Waals surface area contributed by atoms with Crippen LogP contribution in [0.1, 0.15) is 25.0 Å². The van der Waals surface area contributed by atoms with Crippen molar-refractivity contribution in [3.05, 3.63) is 59.1 Å². The topological polar surface area (TPSA) is 110 Å². The zero-order valence-corrected chi connectivity index (χ0v) is 13.7. The lowest BCUT2D eigenvalue weighted by Crippen LogP contribution is -2.48. The summed E-state index contributed by atoms with van der Waals surface area (Å²) in [6.45, 7) is 2.02. The Morgan fingerprint density at radius 3 is 2.56 bits per heavy atom. The highest BCUT2D eigenvalue weighted by Gasteiger charge is 2.46. The molecule has 132 valence electrons. The number of primary amides is 2. The van der Waals surface area contributed by atoms with Gasteiger partial charge < -0.3 is 21.5 Å². The van der Waals surface area contributed by atoms with Gasteiger partial charge in [-0.3, -0.25) is 9.59 Å². The summed E-state index contributed by atoms with van der Waals surface area (Å²) in [6.07, 6.45) is 2.48. The van der Waals surface area contributed by atoms with Crippen molar-refractivity contribution in [2.75, 3.05) is 0 Å². The second-order valence-corrected chi connectivity index (χ2v) is 6.55. The van der Waals surface area contributed by atoms with Gasteiger partial charge in [0.15, 0.2) is 0 Å². The molecule has 4 atom stereocenters. The zero-order valence-electron chi connectivity index (χ0n) is 13.7. The van der Waals surface area contributed by atoms with E-state index in [1.165, 1.54) is 30.4 Å². The molecule has 1 fully saturated rings. The smallest absolute Gasteiger partial charge is 0.248 e. The van der Waals surface area contributed by atoms with E-state index in [0.29, 0.717) is 17.2 Å². The van der Waals surface area contributed by atoms with Crippen molar-refractivity contribution in [2.24, 2.45) is 17.4 Å². The third kappa shape index (κ3) is 3.28. The lowest BCUT2D eigenvalue weighted by Gasteiger charge is -2.38. The van der Waals surface area contributed by atoms with E-state index in [9.17, 15) is 19.1 Å². The Morgan fingerprint density at radius 1 is 1.36 bits per heavy atom. The van der Waals surface area contributed by atoms with E-state index >= 15 is 0 Å². The first-order valence-corrected chi connectivity index (χ1v) is 8.04. The van der Waals surface area contributed by atoms with Gasteiger partial charge in [-0.05, 0) is 42.2 Å². The molecule has 0 saturated heterocycles. The number of aliphatic hydroxyl groups excluding tert-OH is 1. The molecule has 0 aromatic heterocycles. The molecule has 1 aromatic carbocycles. The number of nitrogens with two attached hydrogens (primary N) is 2. The molecular weight excluding hydrogens is 325 g/mol. The summed E-state index contributed by atoms with van der Waals surface area (Å²) in [6, 6.07) is 4.66. The molecule has 25 heavy (non-hydrogen) atoms. The van der Waals surface area contributed by atoms with Crippen molar-refractivity contribution >= 4 is 11.8 Å². The molecule has 1 aliphatic heterocycles. The summed E-state index contributed by atoms with van der Waals surface area (Å²) < 4.78 is 13.5. The maximum absolute atomic E-state index is 13.5. The Hall–Kier alpha value is -2.67. The molecule has 1 heterocycles. The fourth-order valence-corrected chi connectivity index (χ4v) is 3.22. The van der Waals surface area contributed by atoms with E-state index in [-0.39, 0.29) is 11.6 Å². The summed E-state index contributed by atoms with van der Waals surface area (Å²) >= 11 is 0. The number of amides is 2. The monoisotopic (exact) mass is 345 g/mol. The fourth-order valence-electron chi connectivity index (χ4n) is 3.22. The number of hydrogen-bond donors (Lipinski definition) is 3. The Labute approximate surface area is 144 Å². The SMILES string of the molecule is C[C@H]1C[C@@H]1N1C(C(O)c2cccc(F)c2)=CC(C(N)=O)=CC1C(N)=O. The lowest BCUT2D eigenvalue weighted by molar-refractivity contribution is -0.121. The third-order valence-corrected chi connectivity index (χ3v) is 4.68. The van der Waals surface area contributed by atoms with Crippen LogP contribution in [-0.2, 0) is 9.59 Å². The number of rotatable bonds is 5. The highest BCUT2D eigenvalue weighted by atomic mass is 19.1. The Balaban J connectivity index is 2.06. The average molecular weight is 345 g/mol. The first-order chi connectivity index (χ1) is 11.8. The second kappa shape index (κ2) is 6.33. The third-order valence-electron chi connectivity index (χ3n) is 4.68. The molecule has 2 unspecified atom stereocenters. The van der Waals surface area contributed by atoms with Crippen molar-refractivity contribution in [2.45, 2.75) is 31.5 Å². The molecule has 1 aromatic rings. The van der Waals surface area contributed by atoms with Gasteiger partial charge in [-0.25, -0.2) is 4.39 Å². The van der Waals surface area contributed by atoms with Gasteiger partial charge >= 0.3 is 0 Å². The van der Waals surface area contributed by atoms with Gasteiger partial charge in [0, 0.05) is 17.3 Å². The van der Waals surface area contributed by atoms with E-state index in [2.05, 4.69) is 0 Å². The van der Waals surface area contributed by atoms with E-state index in [0.717, 1.165) is 6.42 Å². The standard InChI is InChI=1S/C18H20FN3O3/c1-9-5-13(9)22-14(16(23)10-3-2-4-12(19)6-10)7-11(17(20)24)8-15(22)18(21)25/h2-4,6-9,13,15-16,23H,5H2,1H3,(H2,20,24)(H2,21,25)/t9-,13-,15?,16?/m0/s1. The summed E-state index contributed by atoms with van der Waals surface area (Å²) in [5, 5.41) is 10.8. The van der Waals surface area contributed by atoms with E-state index in [4.69, 9.17) is 11.5 Å². The van der Waals surface area contributed by atoms with Crippen LogP contribution in [0.4, 0.5) is 4.39 Å². The number of hydrogen-bond acceptors (Lipinski definition) is 4. The predicted octanol–water partition coefficient (Wildman–Crippen LogP) is 0.733. The quantitative estimate of drug-likeness (QED) is 0.731. The molecule has 3 rings (SSSR count). The van der Waals surface area contributed by atoms with Crippen LogP contribution in [0, 0.1) is 11.7 Å². The molecule has 2 amide bonds. The Morgan fingerprint density at radius 2 is 2.04 bits per heavy atom. The molecule has 1 saturated carbocycles. The van der Waals surface area contributed by atoms with Gasteiger partial charge in [0.05, 0.1) is 0 Å². The lowest BCUT2D eigenvalue weighted by atomic mass is 9.96. The minimum atomic E-state index is -1.21. The Bertz CT molecular complexity index is 790. The van der Waals surface area contributed by atoms with Crippen LogP contribution in [-0.4, -0.2) is 33.9 Å². The molecule has 7 heteroatoms. The van der Waals surface area contributed by atoms with E-state index < -0.39 is 29.8 Å². The normalized spacial score (nSPS) is 26.5. The molecule has 1 aliphatic carbocycles. The van der Waals surface area contributed by atoms with Gasteiger partial charge in [0.2, 0.25) is 11.8 Å². The number of benzene rings is 1. The summed E-state index contributed by atoms with van der Waals surface area (Å²) in [5.41, 5.74) is 11.6. The molecule has 0 radical (unpaired) electrons. The maximum atomic E-state index is 13.5. The minimum absolute atomic E-state index is 0.0117. The van der Waals surface area contributed by atoms with Crippen molar-refractivity contribution in [1.82, 2.24) is 4.90 Å². The number of aliphatic hydroxyl groups is 1. The van der Waals surface area contributed by atoms with Gasteiger partial charge in [0.25, 0.3) is 0 Å². The van der Waals surface area contributed by atoms with Crippen LogP contribution < -0.4 is 11.5 Å². The summed E-state index contributed by atoms with van der Waals surface area (Å²) in [7, 11) is 0. The number of nitrogens with zero attached hydrogens (tertiary/aromatic N) is 1. The Kier molecular flexibility index (Phi) is 4.34. The van der Waals surface area contributed by atoms with Crippen LogP contribution in [0.2, 0.25) is 0 Å². The number of halogens is 1. The average Bonchev–Trinajstić information content (AvgIpc) is 3.29. The second-order valence-electron chi connectivity index (χ2n) is 6.55. The molecule has 6 nitrogen and oxygen atoms in total. The molecular formula is C18H20FN3O3. The minimum Gasteiger partial charge on any atom is -0.382 e. The van der Waals surface area contributed by atoms with Crippen LogP contribution in [0.5, 0.6) is 0 Å². The van der Waals surface area contributed by atoms with Gasteiger partial charge in [-0.2, -0.15) is 0 Å². The fraction of sp³-hybridized carbons (Fsp3) is 0.333. The largest absolute Gasteiger partial charge is 0.382 e. The first-order valence-electron chi connectivity index (χ1n) is 8.04. The van der Waals surface area contributed by atoms with Crippen LogP contribution in [0.3, 0.4) is 0 Å². The predicted molar refractivity (Wildman–Crippen MR) is 89.1 cm³/mol. The van der Waals surface area contributed by atoms with Crippen LogP contribution in [0.25, 0.3) is 0 Å². The van der Waals surface area contributed by atoms with Gasteiger partial charge in [-0.15, -0.1) is 0 Å². The first kappa shape index (κ1) is 17.2. The van der Waals surface area contributed by atoms with Crippen LogP contribution >= 0.6 is 0 Å². The van der Waals surface area contributed by atoms with Crippen LogP contribution in [0.15, 0.2) is 47.7 Å². The maximum Gasteiger partial charge on any atom is 0.248 e. The molecule has 2 aliphatic rings. The summed E-state index contributed by atoms with van der Waals surface area (Å²) in [4.78, 5) is 25.3. The molecule has 5 N–H and O–H groups in total. The van der Waals surface area contributed by atoms with Gasteiger partial charge in [-0.1, -0.05) is 19.1 Å². The highest BCUT2D eigenvalue weighted by Crippen LogP contribution is 2.43. The van der Waals surface area contributed by atoms with Gasteiger partial charge in [0.1, 0.15) is 18.0 Å². The van der Waals surface area contributed by atoms with Crippen molar-refractivity contribution in [3.8, 4) is 0 Å². The van der Waals surface area contributed by atoms with Crippen molar-refractivity contribution in [1.29, 1.82) is 0 Å². The molecule has 0 spiro atoms. The summed E-state index contributed by atoms with van der Waals surface area (Å²) in [5.74, 6) is -1.54. The van der Waals surface area contributed by atoms with E-state index in [1.807, 2.05) is 6.92 Å². The highest BCUT2D eigenvalue weighted by molar-refractivity contribution is 5.97. The molecule has 0 bridgehead atoms. The van der Waals surface area contributed by atoms with Crippen molar-refractivity contribution in [3.63, 3.8) is 0 Å². The number of carbonyl (C=O) groups excluding carboxylic acids is 2.